The summed E-state index contributed by atoms with van der Waals surface area (Å²) in [6.07, 6.45) is -4.82. The van der Waals surface area contributed by atoms with E-state index in [4.69, 9.17) is 4.74 Å². The lowest BCUT2D eigenvalue weighted by atomic mass is 10.2. The summed E-state index contributed by atoms with van der Waals surface area (Å²) in [7, 11) is 0. The fourth-order valence-corrected chi connectivity index (χ4v) is 1.37. The minimum atomic E-state index is -4.48. The van der Waals surface area contributed by atoms with Crippen LogP contribution in [-0.4, -0.2) is 49.6 Å². The van der Waals surface area contributed by atoms with E-state index in [0.29, 0.717) is 13.0 Å². The Balaban J connectivity index is 2.36. The van der Waals surface area contributed by atoms with Crippen LogP contribution in [0.4, 0.5) is 18.0 Å². The predicted molar refractivity (Wildman–Crippen MR) is 49.0 cm³/mol. The van der Waals surface area contributed by atoms with Crippen molar-refractivity contribution in [1.82, 2.24) is 4.90 Å². The SMILES string of the molecule is CCC1CN(C(=O)OCC(F)(F)F)CCO1. The van der Waals surface area contributed by atoms with Crippen LogP contribution in [-0.2, 0) is 9.47 Å². The molecule has 1 aliphatic heterocycles. The van der Waals surface area contributed by atoms with Gasteiger partial charge in [-0.05, 0) is 6.42 Å². The van der Waals surface area contributed by atoms with E-state index in [1.807, 2.05) is 6.92 Å². The largest absolute Gasteiger partial charge is 0.440 e. The number of carbonyl (C=O) groups excluding carboxylic acids is 1. The minimum Gasteiger partial charge on any atom is -0.440 e. The van der Waals surface area contributed by atoms with Crippen LogP contribution in [0.2, 0.25) is 0 Å². The molecule has 1 saturated heterocycles. The summed E-state index contributed by atoms with van der Waals surface area (Å²) in [5.41, 5.74) is 0. The number of amides is 1. The highest BCUT2D eigenvalue weighted by atomic mass is 19.4. The van der Waals surface area contributed by atoms with Gasteiger partial charge in [-0.15, -0.1) is 0 Å². The molecular formula is C9H14F3NO3. The molecule has 1 heterocycles. The third kappa shape index (κ3) is 4.26. The van der Waals surface area contributed by atoms with Gasteiger partial charge in [0.25, 0.3) is 0 Å². The number of nitrogens with zero attached hydrogens (tertiary/aromatic N) is 1. The van der Waals surface area contributed by atoms with E-state index in [2.05, 4.69) is 4.74 Å². The molecule has 0 aromatic rings. The first-order chi connectivity index (χ1) is 7.42. The van der Waals surface area contributed by atoms with Gasteiger partial charge >= 0.3 is 12.3 Å². The Morgan fingerprint density at radius 2 is 2.25 bits per heavy atom. The van der Waals surface area contributed by atoms with Gasteiger partial charge in [0.15, 0.2) is 6.61 Å². The molecule has 1 amide bonds. The molecule has 1 aliphatic rings. The monoisotopic (exact) mass is 241 g/mol. The molecule has 0 bridgehead atoms. The third-order valence-corrected chi connectivity index (χ3v) is 2.21. The highest BCUT2D eigenvalue weighted by Gasteiger charge is 2.32. The van der Waals surface area contributed by atoms with Crippen molar-refractivity contribution >= 4 is 6.09 Å². The van der Waals surface area contributed by atoms with Crippen LogP contribution in [0.15, 0.2) is 0 Å². The maximum atomic E-state index is 11.8. The highest BCUT2D eigenvalue weighted by molar-refractivity contribution is 5.67. The number of halogens is 3. The highest BCUT2D eigenvalue weighted by Crippen LogP contribution is 2.16. The fourth-order valence-electron chi connectivity index (χ4n) is 1.37. The first kappa shape index (κ1) is 13.1. The van der Waals surface area contributed by atoms with Crippen LogP contribution in [0.1, 0.15) is 13.3 Å². The molecule has 0 aromatic heterocycles. The van der Waals surface area contributed by atoms with Crippen molar-refractivity contribution in [2.75, 3.05) is 26.3 Å². The van der Waals surface area contributed by atoms with E-state index >= 15 is 0 Å². The first-order valence-corrected chi connectivity index (χ1v) is 5.02. The predicted octanol–water partition coefficient (Wildman–Crippen LogP) is 1.80. The van der Waals surface area contributed by atoms with Gasteiger partial charge in [-0.25, -0.2) is 4.79 Å². The molecule has 4 nitrogen and oxygen atoms in total. The van der Waals surface area contributed by atoms with E-state index in [-0.39, 0.29) is 19.2 Å². The molecule has 94 valence electrons. The molecule has 0 radical (unpaired) electrons. The lowest BCUT2D eigenvalue weighted by Crippen LogP contribution is -2.46. The minimum absolute atomic E-state index is 0.118. The van der Waals surface area contributed by atoms with Crippen LogP contribution in [0, 0.1) is 0 Å². The summed E-state index contributed by atoms with van der Waals surface area (Å²) >= 11 is 0. The van der Waals surface area contributed by atoms with Gasteiger partial charge in [-0.3, -0.25) is 0 Å². The lowest BCUT2D eigenvalue weighted by molar-refractivity contribution is -0.163. The Labute approximate surface area is 91.3 Å². The van der Waals surface area contributed by atoms with Crippen molar-refractivity contribution in [3.8, 4) is 0 Å². The van der Waals surface area contributed by atoms with Gasteiger partial charge in [0.1, 0.15) is 0 Å². The van der Waals surface area contributed by atoms with Crippen LogP contribution < -0.4 is 0 Å². The van der Waals surface area contributed by atoms with Gasteiger partial charge in [0.2, 0.25) is 0 Å². The van der Waals surface area contributed by atoms with Crippen molar-refractivity contribution in [1.29, 1.82) is 0 Å². The summed E-state index contributed by atoms with van der Waals surface area (Å²) < 4.78 is 44.8. The smallest absolute Gasteiger partial charge is 0.422 e. The molecule has 0 aliphatic carbocycles. The second-order valence-electron chi connectivity index (χ2n) is 3.52. The van der Waals surface area contributed by atoms with Crippen LogP contribution in [0.5, 0.6) is 0 Å². The molecule has 0 aromatic carbocycles. The fraction of sp³-hybridized carbons (Fsp3) is 0.889. The standard InChI is InChI=1S/C9H14F3NO3/c1-2-7-5-13(3-4-15-7)8(14)16-6-9(10,11)12/h7H,2-6H2,1H3. The summed E-state index contributed by atoms with van der Waals surface area (Å²) in [4.78, 5) is 12.5. The molecule has 16 heavy (non-hydrogen) atoms. The average molecular weight is 241 g/mol. The van der Waals surface area contributed by atoms with Crippen LogP contribution in [0.25, 0.3) is 0 Å². The van der Waals surface area contributed by atoms with Crippen LogP contribution in [0.3, 0.4) is 0 Å². The maximum Gasteiger partial charge on any atom is 0.422 e. The number of ether oxygens (including phenoxy) is 2. The summed E-state index contributed by atoms with van der Waals surface area (Å²) in [6, 6.07) is 0. The molecule has 1 rings (SSSR count). The van der Waals surface area contributed by atoms with Crippen molar-refractivity contribution in [2.24, 2.45) is 0 Å². The second kappa shape index (κ2) is 5.38. The van der Waals surface area contributed by atoms with Gasteiger partial charge < -0.3 is 14.4 Å². The van der Waals surface area contributed by atoms with Gasteiger partial charge in [0.05, 0.1) is 19.3 Å². The van der Waals surface area contributed by atoms with Crippen LogP contribution >= 0.6 is 0 Å². The van der Waals surface area contributed by atoms with E-state index in [1.54, 1.807) is 0 Å². The van der Waals surface area contributed by atoms with E-state index in [0.717, 1.165) is 0 Å². The zero-order chi connectivity index (χ0) is 12.2. The zero-order valence-electron chi connectivity index (χ0n) is 8.92. The number of rotatable bonds is 2. The normalized spacial score (nSPS) is 22.0. The van der Waals surface area contributed by atoms with E-state index < -0.39 is 18.9 Å². The molecule has 0 saturated carbocycles. The Morgan fingerprint density at radius 3 is 2.81 bits per heavy atom. The summed E-state index contributed by atoms with van der Waals surface area (Å²) in [5, 5.41) is 0. The van der Waals surface area contributed by atoms with Crippen molar-refractivity contribution in [3.05, 3.63) is 0 Å². The number of morpholine rings is 1. The Bertz CT molecular complexity index is 245. The van der Waals surface area contributed by atoms with E-state index in [9.17, 15) is 18.0 Å². The Morgan fingerprint density at radius 1 is 1.56 bits per heavy atom. The lowest BCUT2D eigenvalue weighted by Gasteiger charge is -2.31. The number of alkyl halides is 3. The first-order valence-electron chi connectivity index (χ1n) is 5.02. The van der Waals surface area contributed by atoms with Crippen molar-refractivity contribution < 1.29 is 27.4 Å². The third-order valence-electron chi connectivity index (χ3n) is 2.21. The van der Waals surface area contributed by atoms with Crippen molar-refractivity contribution in [3.63, 3.8) is 0 Å². The summed E-state index contributed by atoms with van der Waals surface area (Å²) in [5.74, 6) is 0. The molecular weight excluding hydrogens is 227 g/mol. The topological polar surface area (TPSA) is 38.8 Å². The quantitative estimate of drug-likeness (QED) is 0.740. The molecule has 0 N–H and O–H groups in total. The molecule has 1 atom stereocenters. The Hall–Kier alpha value is -0.980. The van der Waals surface area contributed by atoms with Crippen molar-refractivity contribution in [2.45, 2.75) is 25.6 Å². The Kier molecular flexibility index (Phi) is 4.40. The average Bonchev–Trinajstić information content (AvgIpc) is 2.25. The van der Waals surface area contributed by atoms with E-state index in [1.165, 1.54) is 4.90 Å². The van der Waals surface area contributed by atoms with Gasteiger partial charge in [-0.1, -0.05) is 6.92 Å². The van der Waals surface area contributed by atoms with Gasteiger partial charge in [-0.2, -0.15) is 13.2 Å². The molecule has 1 fully saturated rings. The maximum absolute atomic E-state index is 11.8. The summed E-state index contributed by atoms with van der Waals surface area (Å²) in [6.45, 7) is 1.23. The zero-order valence-corrected chi connectivity index (χ0v) is 8.92. The number of carbonyl (C=O) groups is 1. The molecule has 0 spiro atoms. The number of hydrogen-bond acceptors (Lipinski definition) is 3. The molecule has 1 unspecified atom stereocenters. The number of hydrogen-bond donors (Lipinski definition) is 0. The van der Waals surface area contributed by atoms with Gasteiger partial charge in [0, 0.05) is 6.54 Å². The molecule has 7 heteroatoms. The second-order valence-corrected chi connectivity index (χ2v) is 3.52.